The van der Waals surface area contributed by atoms with E-state index in [0.29, 0.717) is 23.2 Å². The molecule has 1 aliphatic rings. The molecule has 0 saturated heterocycles. The predicted molar refractivity (Wildman–Crippen MR) is 90.2 cm³/mol. The van der Waals surface area contributed by atoms with E-state index >= 15 is 0 Å². The molecule has 1 atom stereocenters. The predicted octanol–water partition coefficient (Wildman–Crippen LogP) is 3.32. The maximum atomic E-state index is 12.4. The van der Waals surface area contributed by atoms with Crippen molar-refractivity contribution in [1.82, 2.24) is 10.3 Å². The van der Waals surface area contributed by atoms with E-state index in [1.807, 2.05) is 31.2 Å². The average molecular weight is 336 g/mol. The maximum Gasteiger partial charge on any atom is 0.271 e. The third-order valence-corrected chi connectivity index (χ3v) is 5.27. The van der Waals surface area contributed by atoms with Crippen molar-refractivity contribution in [3.05, 3.63) is 40.4 Å². The fraction of sp³-hybridized carbons (Fsp3) is 0.375. The molecular formula is C16H18ClN3OS. The van der Waals surface area contributed by atoms with Gasteiger partial charge in [0, 0.05) is 22.5 Å². The number of carbonyl (C=O) groups is 1. The largest absolute Gasteiger partial charge is 0.344 e. The summed E-state index contributed by atoms with van der Waals surface area (Å²) >= 11 is 7.33. The van der Waals surface area contributed by atoms with Crippen LogP contribution in [-0.2, 0) is 0 Å². The zero-order chi connectivity index (χ0) is 15.7. The first-order chi connectivity index (χ1) is 10.5. The van der Waals surface area contributed by atoms with E-state index in [0.717, 1.165) is 23.4 Å². The zero-order valence-electron chi connectivity index (χ0n) is 12.3. The number of aromatic nitrogens is 1. The molecule has 2 aromatic rings. The molecule has 0 spiro atoms. The fourth-order valence-electron chi connectivity index (χ4n) is 2.47. The number of hydrogen-bond acceptors (Lipinski definition) is 4. The van der Waals surface area contributed by atoms with Crippen LogP contribution < -0.4 is 11.1 Å². The van der Waals surface area contributed by atoms with Gasteiger partial charge in [0.15, 0.2) is 0 Å². The van der Waals surface area contributed by atoms with Crippen molar-refractivity contribution in [2.24, 2.45) is 11.7 Å². The summed E-state index contributed by atoms with van der Waals surface area (Å²) in [5, 5.41) is 6.33. The summed E-state index contributed by atoms with van der Waals surface area (Å²) in [4.78, 5) is 16.8. The van der Waals surface area contributed by atoms with Crippen LogP contribution in [-0.4, -0.2) is 23.0 Å². The van der Waals surface area contributed by atoms with Crippen LogP contribution in [0.3, 0.4) is 0 Å². The van der Waals surface area contributed by atoms with Gasteiger partial charge in [-0.1, -0.05) is 23.7 Å². The summed E-state index contributed by atoms with van der Waals surface area (Å²) in [5.74, 6) is 0.326. The summed E-state index contributed by atoms with van der Waals surface area (Å²) in [6.45, 7) is 2.45. The lowest BCUT2D eigenvalue weighted by Gasteiger charge is -2.29. The number of rotatable bonds is 5. The van der Waals surface area contributed by atoms with Crippen LogP contribution in [0.5, 0.6) is 0 Å². The van der Waals surface area contributed by atoms with Crippen LogP contribution in [0.15, 0.2) is 29.6 Å². The average Bonchev–Trinajstić information content (AvgIpc) is 3.26. The number of nitrogens with one attached hydrogen (secondary N) is 1. The lowest BCUT2D eigenvalue weighted by atomic mass is 9.96. The SMILES string of the molecule is CC(CN)(NC(=O)c1csc(-c2ccc(Cl)cc2)n1)C1CC1. The molecule has 0 radical (unpaired) electrons. The molecule has 116 valence electrons. The quantitative estimate of drug-likeness (QED) is 0.880. The minimum atomic E-state index is -0.332. The molecular weight excluding hydrogens is 318 g/mol. The second-order valence-corrected chi connectivity index (χ2v) is 7.19. The Morgan fingerprint density at radius 2 is 2.14 bits per heavy atom. The van der Waals surface area contributed by atoms with Gasteiger partial charge in [-0.05, 0) is 37.8 Å². The van der Waals surface area contributed by atoms with Crippen molar-refractivity contribution in [2.75, 3.05) is 6.54 Å². The second-order valence-electron chi connectivity index (χ2n) is 5.89. The summed E-state index contributed by atoms with van der Waals surface area (Å²) in [6, 6.07) is 7.43. The molecule has 22 heavy (non-hydrogen) atoms. The molecule has 0 aliphatic heterocycles. The van der Waals surface area contributed by atoms with Crippen molar-refractivity contribution in [3.8, 4) is 10.6 Å². The highest BCUT2D eigenvalue weighted by atomic mass is 35.5. The smallest absolute Gasteiger partial charge is 0.271 e. The third kappa shape index (κ3) is 3.16. The van der Waals surface area contributed by atoms with Crippen molar-refractivity contribution in [1.29, 1.82) is 0 Å². The summed E-state index contributed by atoms with van der Waals surface area (Å²) in [7, 11) is 0. The second kappa shape index (κ2) is 5.99. The standard InChI is InChI=1S/C16H18ClN3OS/c1-16(9-18,11-4-5-11)20-14(21)13-8-22-15(19-13)10-2-6-12(17)7-3-10/h2-3,6-8,11H,4-5,9,18H2,1H3,(H,20,21). The highest BCUT2D eigenvalue weighted by Crippen LogP contribution is 2.39. The summed E-state index contributed by atoms with van der Waals surface area (Å²) < 4.78 is 0. The van der Waals surface area contributed by atoms with E-state index in [-0.39, 0.29) is 11.4 Å². The highest BCUT2D eigenvalue weighted by molar-refractivity contribution is 7.13. The van der Waals surface area contributed by atoms with Crippen molar-refractivity contribution in [2.45, 2.75) is 25.3 Å². The van der Waals surface area contributed by atoms with Gasteiger partial charge < -0.3 is 11.1 Å². The fourth-order valence-corrected chi connectivity index (χ4v) is 3.40. The van der Waals surface area contributed by atoms with E-state index in [1.165, 1.54) is 11.3 Å². The highest BCUT2D eigenvalue weighted by Gasteiger charge is 2.41. The molecule has 3 N–H and O–H groups in total. The number of carbonyl (C=O) groups excluding carboxylic acids is 1. The Balaban J connectivity index is 1.75. The molecule has 1 aliphatic carbocycles. The Labute approximate surface area is 138 Å². The van der Waals surface area contributed by atoms with E-state index in [2.05, 4.69) is 10.3 Å². The summed E-state index contributed by atoms with van der Waals surface area (Å²) in [6.07, 6.45) is 2.25. The molecule has 0 bridgehead atoms. The van der Waals surface area contributed by atoms with Gasteiger partial charge in [-0.2, -0.15) is 0 Å². The van der Waals surface area contributed by atoms with Gasteiger partial charge in [-0.25, -0.2) is 4.98 Å². The number of nitrogens with zero attached hydrogens (tertiary/aromatic N) is 1. The Bertz CT molecular complexity index is 681. The monoisotopic (exact) mass is 335 g/mol. The molecule has 1 aromatic carbocycles. The third-order valence-electron chi connectivity index (χ3n) is 4.13. The van der Waals surface area contributed by atoms with E-state index < -0.39 is 0 Å². The van der Waals surface area contributed by atoms with Crippen LogP contribution in [0.2, 0.25) is 5.02 Å². The van der Waals surface area contributed by atoms with Crippen LogP contribution in [0.25, 0.3) is 10.6 Å². The van der Waals surface area contributed by atoms with Gasteiger partial charge >= 0.3 is 0 Å². The minimum absolute atomic E-state index is 0.156. The number of halogens is 1. The van der Waals surface area contributed by atoms with Gasteiger partial charge in [0.25, 0.3) is 5.91 Å². The molecule has 3 rings (SSSR count). The number of hydrogen-bond donors (Lipinski definition) is 2. The summed E-state index contributed by atoms with van der Waals surface area (Å²) in [5.41, 5.74) is 6.90. The van der Waals surface area contributed by atoms with Crippen LogP contribution in [0, 0.1) is 5.92 Å². The normalized spacial score (nSPS) is 17.0. The number of nitrogens with two attached hydrogens (primary N) is 1. The van der Waals surface area contributed by atoms with E-state index in [9.17, 15) is 4.79 Å². The first-order valence-electron chi connectivity index (χ1n) is 7.26. The molecule has 1 unspecified atom stereocenters. The van der Waals surface area contributed by atoms with Gasteiger partial charge in [0.2, 0.25) is 0 Å². The molecule has 4 nitrogen and oxygen atoms in total. The molecule has 1 heterocycles. The van der Waals surface area contributed by atoms with Gasteiger partial charge in [-0.15, -0.1) is 11.3 Å². The molecule has 1 amide bonds. The zero-order valence-corrected chi connectivity index (χ0v) is 13.9. The van der Waals surface area contributed by atoms with Crippen LogP contribution in [0.1, 0.15) is 30.3 Å². The number of thiazole rings is 1. The van der Waals surface area contributed by atoms with Gasteiger partial charge in [-0.3, -0.25) is 4.79 Å². The van der Waals surface area contributed by atoms with Crippen LogP contribution in [0.4, 0.5) is 0 Å². The Hall–Kier alpha value is -1.43. The van der Waals surface area contributed by atoms with Gasteiger partial charge in [0.05, 0.1) is 5.54 Å². The van der Waals surface area contributed by atoms with Crippen molar-refractivity contribution in [3.63, 3.8) is 0 Å². The van der Waals surface area contributed by atoms with E-state index in [1.54, 1.807) is 5.38 Å². The molecule has 1 saturated carbocycles. The lowest BCUT2D eigenvalue weighted by molar-refractivity contribution is 0.0893. The Kier molecular flexibility index (Phi) is 4.21. The van der Waals surface area contributed by atoms with Gasteiger partial charge in [0.1, 0.15) is 10.7 Å². The minimum Gasteiger partial charge on any atom is -0.344 e. The maximum absolute atomic E-state index is 12.4. The number of benzene rings is 1. The topological polar surface area (TPSA) is 68.0 Å². The Morgan fingerprint density at radius 1 is 1.45 bits per heavy atom. The first kappa shape index (κ1) is 15.5. The first-order valence-corrected chi connectivity index (χ1v) is 8.51. The van der Waals surface area contributed by atoms with E-state index in [4.69, 9.17) is 17.3 Å². The number of amides is 1. The van der Waals surface area contributed by atoms with Crippen molar-refractivity contribution >= 4 is 28.8 Å². The molecule has 6 heteroatoms. The lowest BCUT2D eigenvalue weighted by Crippen LogP contribution is -2.53. The molecule has 1 aromatic heterocycles. The Morgan fingerprint density at radius 3 is 2.73 bits per heavy atom. The van der Waals surface area contributed by atoms with Crippen LogP contribution >= 0.6 is 22.9 Å². The van der Waals surface area contributed by atoms with Crippen molar-refractivity contribution < 1.29 is 4.79 Å². The molecule has 1 fully saturated rings.